The van der Waals surface area contributed by atoms with E-state index in [9.17, 15) is 0 Å². The average molecular weight is 417 g/mol. The van der Waals surface area contributed by atoms with Gasteiger partial charge in [0.2, 0.25) is 0 Å². The number of hydrogen-bond acceptors (Lipinski definition) is 2. The van der Waals surface area contributed by atoms with Gasteiger partial charge in [-0.2, -0.15) is 0 Å². The summed E-state index contributed by atoms with van der Waals surface area (Å²) in [7, 11) is 0. The highest BCUT2D eigenvalue weighted by Crippen LogP contribution is 2.30. The van der Waals surface area contributed by atoms with Crippen molar-refractivity contribution in [2.24, 2.45) is 0 Å². The lowest BCUT2D eigenvalue weighted by atomic mass is 9.94. The van der Waals surface area contributed by atoms with E-state index in [2.05, 4.69) is 86.7 Å². The van der Waals surface area contributed by atoms with Crippen LogP contribution >= 0.6 is 43.2 Å². The lowest BCUT2D eigenvalue weighted by Gasteiger charge is -2.20. The molecule has 0 spiro atoms. The van der Waals surface area contributed by atoms with E-state index in [1.165, 1.54) is 14.9 Å². The lowest BCUT2D eigenvalue weighted by Crippen LogP contribution is -2.28. The van der Waals surface area contributed by atoms with E-state index in [0.717, 1.165) is 17.4 Å². The van der Waals surface area contributed by atoms with Crippen LogP contribution in [0, 0.1) is 0 Å². The lowest BCUT2D eigenvalue weighted by molar-refractivity contribution is 0.528. The number of thiophene rings is 1. The van der Waals surface area contributed by atoms with Gasteiger partial charge in [0.15, 0.2) is 0 Å². The maximum Gasteiger partial charge on any atom is 0.0314 e. The van der Waals surface area contributed by atoms with E-state index in [-0.39, 0.29) is 0 Å². The first-order valence-corrected chi connectivity index (χ1v) is 9.23. The van der Waals surface area contributed by atoms with Crippen LogP contribution in [0.5, 0.6) is 0 Å². The summed E-state index contributed by atoms with van der Waals surface area (Å²) in [6.45, 7) is 5.39. The molecular weight excluding hydrogens is 398 g/mol. The van der Waals surface area contributed by atoms with Crippen molar-refractivity contribution in [1.29, 1.82) is 0 Å². The molecule has 1 aromatic carbocycles. The van der Waals surface area contributed by atoms with E-state index in [1.54, 1.807) is 0 Å². The van der Waals surface area contributed by atoms with Crippen LogP contribution in [-0.4, -0.2) is 12.6 Å². The van der Waals surface area contributed by atoms with Crippen molar-refractivity contribution in [3.8, 4) is 0 Å². The summed E-state index contributed by atoms with van der Waals surface area (Å²) in [6, 6.07) is 11.3. The number of hydrogen-bond donors (Lipinski definition) is 1. The van der Waals surface area contributed by atoms with Gasteiger partial charge in [0, 0.05) is 32.3 Å². The third-order valence-electron chi connectivity index (χ3n) is 3.22. The van der Waals surface area contributed by atoms with Gasteiger partial charge in [-0.3, -0.25) is 0 Å². The predicted molar refractivity (Wildman–Crippen MR) is 95.7 cm³/mol. The zero-order chi connectivity index (χ0) is 14.5. The first kappa shape index (κ1) is 16.2. The minimum Gasteiger partial charge on any atom is -0.314 e. The zero-order valence-electron chi connectivity index (χ0n) is 11.7. The number of rotatable bonds is 6. The summed E-state index contributed by atoms with van der Waals surface area (Å²) >= 11 is 9.04. The number of nitrogens with one attached hydrogen (secondary N) is 1. The molecule has 1 atom stereocenters. The molecule has 20 heavy (non-hydrogen) atoms. The molecule has 0 aliphatic heterocycles. The van der Waals surface area contributed by atoms with E-state index in [4.69, 9.17) is 0 Å². The maximum absolute atomic E-state index is 3.64. The third kappa shape index (κ3) is 4.69. The minimum absolute atomic E-state index is 0.491. The molecule has 108 valence electrons. The molecule has 0 aliphatic rings. The van der Waals surface area contributed by atoms with Crippen molar-refractivity contribution in [2.75, 3.05) is 6.54 Å². The first-order chi connectivity index (χ1) is 9.56. The zero-order valence-corrected chi connectivity index (χ0v) is 15.7. The van der Waals surface area contributed by atoms with Crippen LogP contribution in [-0.2, 0) is 6.42 Å². The summed E-state index contributed by atoms with van der Waals surface area (Å²) in [5, 5.41) is 5.72. The molecule has 0 aliphatic carbocycles. The Labute approximate surface area is 142 Å². The summed E-state index contributed by atoms with van der Waals surface area (Å²) in [4.78, 5) is 1.42. The van der Waals surface area contributed by atoms with Gasteiger partial charge in [-0.25, -0.2) is 0 Å². The Hall–Kier alpha value is -0.160. The highest BCUT2D eigenvalue weighted by atomic mass is 79.9. The van der Waals surface area contributed by atoms with Gasteiger partial charge in [-0.15, -0.1) is 11.3 Å². The monoisotopic (exact) mass is 415 g/mol. The standard InChI is InChI=1S/C16H19Br2NS/c1-11(2)19-10-13(9-16-15(18)6-7-20-16)12-4-3-5-14(17)8-12/h3-8,11,13,19H,9-10H2,1-2H3. The van der Waals surface area contributed by atoms with Crippen molar-refractivity contribution in [3.63, 3.8) is 0 Å². The van der Waals surface area contributed by atoms with Gasteiger partial charge in [0.25, 0.3) is 0 Å². The Bertz CT molecular complexity index is 551. The third-order valence-corrected chi connectivity index (χ3v) is 5.66. The molecule has 0 radical (unpaired) electrons. The van der Waals surface area contributed by atoms with E-state index < -0.39 is 0 Å². The second kappa shape index (κ2) is 7.74. The molecule has 2 rings (SSSR count). The fraction of sp³-hybridized carbons (Fsp3) is 0.375. The Morgan fingerprint density at radius 1 is 1.20 bits per heavy atom. The van der Waals surface area contributed by atoms with E-state index in [0.29, 0.717) is 12.0 Å². The summed E-state index contributed by atoms with van der Waals surface area (Å²) in [5.74, 6) is 0.491. The first-order valence-electron chi connectivity index (χ1n) is 6.77. The van der Waals surface area contributed by atoms with Gasteiger partial charge >= 0.3 is 0 Å². The van der Waals surface area contributed by atoms with Crippen LogP contribution in [0.3, 0.4) is 0 Å². The largest absolute Gasteiger partial charge is 0.314 e. The molecule has 1 nitrogen and oxygen atoms in total. The van der Waals surface area contributed by atoms with E-state index >= 15 is 0 Å². The fourth-order valence-corrected chi connectivity index (χ4v) is 4.15. The Kier molecular flexibility index (Phi) is 6.27. The van der Waals surface area contributed by atoms with Gasteiger partial charge in [0.1, 0.15) is 0 Å². The van der Waals surface area contributed by atoms with Gasteiger partial charge in [-0.05, 0) is 51.5 Å². The van der Waals surface area contributed by atoms with Crippen molar-refractivity contribution in [2.45, 2.75) is 32.2 Å². The molecule has 0 saturated heterocycles. The SMILES string of the molecule is CC(C)NCC(Cc1sccc1Br)c1cccc(Br)c1. The summed E-state index contributed by atoms with van der Waals surface area (Å²) < 4.78 is 2.38. The molecule has 1 heterocycles. The highest BCUT2D eigenvalue weighted by molar-refractivity contribution is 9.10. The van der Waals surface area contributed by atoms with Gasteiger partial charge < -0.3 is 5.32 Å². The molecule has 1 N–H and O–H groups in total. The van der Waals surface area contributed by atoms with Crippen LogP contribution < -0.4 is 5.32 Å². The Morgan fingerprint density at radius 3 is 2.60 bits per heavy atom. The van der Waals surface area contributed by atoms with E-state index in [1.807, 2.05) is 11.3 Å². The molecule has 0 fully saturated rings. The topological polar surface area (TPSA) is 12.0 Å². The van der Waals surface area contributed by atoms with Crippen LogP contribution in [0.4, 0.5) is 0 Å². The summed E-state index contributed by atoms with van der Waals surface area (Å²) in [5.41, 5.74) is 1.38. The van der Waals surface area contributed by atoms with Gasteiger partial charge in [-0.1, -0.05) is 41.9 Å². The molecule has 4 heteroatoms. The summed E-state index contributed by atoms with van der Waals surface area (Å²) in [6.07, 6.45) is 1.06. The second-order valence-corrected chi connectivity index (χ2v) is 7.98. The molecule has 1 aromatic heterocycles. The van der Waals surface area contributed by atoms with Crippen molar-refractivity contribution in [3.05, 3.63) is 55.1 Å². The predicted octanol–water partition coefficient (Wildman–Crippen LogP) is 5.60. The number of halogens is 2. The van der Waals surface area contributed by atoms with Crippen molar-refractivity contribution < 1.29 is 0 Å². The normalized spacial score (nSPS) is 12.8. The molecular formula is C16H19Br2NS. The average Bonchev–Trinajstić information content (AvgIpc) is 2.79. The molecule has 0 saturated carbocycles. The van der Waals surface area contributed by atoms with Crippen molar-refractivity contribution in [1.82, 2.24) is 5.32 Å². The molecule has 0 amide bonds. The maximum atomic E-state index is 3.64. The smallest absolute Gasteiger partial charge is 0.0314 e. The molecule has 2 aromatic rings. The fourth-order valence-electron chi connectivity index (χ4n) is 2.14. The quantitative estimate of drug-likeness (QED) is 0.646. The second-order valence-electron chi connectivity index (χ2n) is 5.21. The van der Waals surface area contributed by atoms with Crippen LogP contribution in [0.25, 0.3) is 0 Å². The Balaban J connectivity index is 2.18. The molecule has 1 unspecified atom stereocenters. The van der Waals surface area contributed by atoms with Crippen molar-refractivity contribution >= 4 is 43.2 Å². The number of benzene rings is 1. The van der Waals surface area contributed by atoms with Crippen LogP contribution in [0.2, 0.25) is 0 Å². The molecule has 0 bridgehead atoms. The Morgan fingerprint density at radius 2 is 2.00 bits per heavy atom. The van der Waals surface area contributed by atoms with Gasteiger partial charge in [0.05, 0.1) is 0 Å². The highest BCUT2D eigenvalue weighted by Gasteiger charge is 2.15. The minimum atomic E-state index is 0.491. The van der Waals surface area contributed by atoms with Crippen LogP contribution in [0.15, 0.2) is 44.7 Å². The van der Waals surface area contributed by atoms with Crippen LogP contribution in [0.1, 0.15) is 30.2 Å².